The highest BCUT2D eigenvalue weighted by atomic mass is 19.1. The Morgan fingerprint density at radius 1 is 1.26 bits per heavy atom. The number of benzene rings is 1. The van der Waals surface area contributed by atoms with E-state index in [1.807, 2.05) is 0 Å². The lowest BCUT2D eigenvalue weighted by atomic mass is 10.3. The van der Waals surface area contributed by atoms with Gasteiger partial charge in [0.1, 0.15) is 23.9 Å². The van der Waals surface area contributed by atoms with Gasteiger partial charge < -0.3 is 26.7 Å². The molecule has 1 aromatic carbocycles. The van der Waals surface area contributed by atoms with Gasteiger partial charge in [0, 0.05) is 25.7 Å². The van der Waals surface area contributed by atoms with Crippen LogP contribution in [0.3, 0.4) is 0 Å². The molecule has 2 rings (SSSR count). The zero-order valence-electron chi connectivity index (χ0n) is 12.7. The summed E-state index contributed by atoms with van der Waals surface area (Å²) in [6, 6.07) is 4.00. The second-order valence-corrected chi connectivity index (χ2v) is 4.92. The number of aliphatic imine (C=N–C) groups is 2. The van der Waals surface area contributed by atoms with Gasteiger partial charge in [0.05, 0.1) is 13.2 Å². The Bertz CT molecular complexity index is 583. The maximum absolute atomic E-state index is 13.4. The summed E-state index contributed by atoms with van der Waals surface area (Å²) in [5, 5.41) is 0. The van der Waals surface area contributed by atoms with E-state index in [0.29, 0.717) is 12.4 Å². The van der Waals surface area contributed by atoms with Crippen LogP contribution >= 0.6 is 0 Å². The molecule has 0 spiro atoms. The molecule has 0 unspecified atom stereocenters. The summed E-state index contributed by atoms with van der Waals surface area (Å²) in [5.41, 5.74) is 16.3. The van der Waals surface area contributed by atoms with Gasteiger partial charge in [-0.1, -0.05) is 0 Å². The third kappa shape index (κ3) is 5.72. The molecule has 126 valence electrons. The van der Waals surface area contributed by atoms with Crippen LogP contribution < -0.4 is 21.9 Å². The van der Waals surface area contributed by atoms with E-state index in [-0.39, 0.29) is 17.6 Å². The summed E-state index contributed by atoms with van der Waals surface area (Å²) in [7, 11) is 0. The topological polar surface area (TPSA) is 124 Å². The predicted octanol–water partition coefficient (Wildman–Crippen LogP) is -0.244. The molecule has 0 saturated carbocycles. The highest BCUT2D eigenvalue weighted by Gasteiger charge is 2.11. The van der Waals surface area contributed by atoms with Crippen molar-refractivity contribution in [1.29, 1.82) is 0 Å². The van der Waals surface area contributed by atoms with Crippen molar-refractivity contribution in [3.63, 3.8) is 0 Å². The molecule has 1 aliphatic heterocycles. The van der Waals surface area contributed by atoms with E-state index in [2.05, 4.69) is 14.9 Å². The van der Waals surface area contributed by atoms with Crippen LogP contribution in [-0.2, 0) is 4.74 Å². The van der Waals surface area contributed by atoms with Crippen molar-refractivity contribution in [2.75, 3.05) is 39.5 Å². The minimum atomic E-state index is -0.457. The largest absolute Gasteiger partial charge is 0.490 e. The fourth-order valence-corrected chi connectivity index (χ4v) is 2.09. The fraction of sp³-hybridized carbons (Fsp3) is 0.429. The van der Waals surface area contributed by atoms with E-state index in [1.165, 1.54) is 18.2 Å². The second-order valence-electron chi connectivity index (χ2n) is 4.92. The van der Waals surface area contributed by atoms with Gasteiger partial charge in [0.15, 0.2) is 5.96 Å². The monoisotopic (exact) mass is 324 g/mol. The third-order valence-electron chi connectivity index (χ3n) is 3.17. The summed E-state index contributed by atoms with van der Waals surface area (Å²) >= 11 is 0. The Balaban J connectivity index is 2.01. The van der Waals surface area contributed by atoms with E-state index >= 15 is 0 Å². The van der Waals surface area contributed by atoms with Crippen molar-refractivity contribution in [2.24, 2.45) is 27.2 Å². The van der Waals surface area contributed by atoms with Crippen molar-refractivity contribution in [1.82, 2.24) is 4.90 Å². The standard InChI is InChI=1S/C14H21FN6O2/c15-10-1-2-12(11(9-10)19-14(18)20-13(16)17)23-8-5-21-3-6-22-7-4-21/h1-2,9H,3-8H2,(H6,16,17,18,19,20). The van der Waals surface area contributed by atoms with E-state index in [0.717, 1.165) is 32.8 Å². The first-order chi connectivity index (χ1) is 11.0. The SMILES string of the molecule is NC(N)=NC(N)=Nc1cc(F)ccc1OCCN1CCOCC1. The van der Waals surface area contributed by atoms with Crippen LogP contribution in [0.15, 0.2) is 28.2 Å². The van der Waals surface area contributed by atoms with Crippen LogP contribution in [0.2, 0.25) is 0 Å². The molecule has 0 amide bonds. The van der Waals surface area contributed by atoms with Crippen molar-refractivity contribution >= 4 is 17.6 Å². The van der Waals surface area contributed by atoms with Crippen LogP contribution in [-0.4, -0.2) is 56.3 Å². The van der Waals surface area contributed by atoms with E-state index in [4.69, 9.17) is 26.7 Å². The lowest BCUT2D eigenvalue weighted by Gasteiger charge is -2.26. The van der Waals surface area contributed by atoms with E-state index in [1.54, 1.807) is 0 Å². The van der Waals surface area contributed by atoms with Crippen molar-refractivity contribution in [3.05, 3.63) is 24.0 Å². The van der Waals surface area contributed by atoms with Crippen molar-refractivity contribution in [3.8, 4) is 5.75 Å². The lowest BCUT2D eigenvalue weighted by Crippen LogP contribution is -2.38. The first kappa shape index (κ1) is 17.0. The van der Waals surface area contributed by atoms with Gasteiger partial charge in [-0.05, 0) is 12.1 Å². The Labute approximate surface area is 133 Å². The van der Waals surface area contributed by atoms with E-state index < -0.39 is 5.82 Å². The van der Waals surface area contributed by atoms with Gasteiger partial charge in [-0.2, -0.15) is 4.99 Å². The molecule has 1 aromatic rings. The van der Waals surface area contributed by atoms with Gasteiger partial charge in [-0.15, -0.1) is 0 Å². The molecular weight excluding hydrogens is 303 g/mol. The molecular formula is C14H21FN6O2. The number of rotatable bonds is 5. The molecule has 1 aliphatic rings. The highest BCUT2D eigenvalue weighted by molar-refractivity contribution is 5.93. The fourth-order valence-electron chi connectivity index (χ4n) is 2.09. The van der Waals surface area contributed by atoms with Gasteiger partial charge in [-0.3, -0.25) is 4.90 Å². The van der Waals surface area contributed by atoms with Crippen molar-refractivity contribution < 1.29 is 13.9 Å². The van der Waals surface area contributed by atoms with Gasteiger partial charge in [0.25, 0.3) is 0 Å². The van der Waals surface area contributed by atoms with Gasteiger partial charge in [-0.25, -0.2) is 9.38 Å². The van der Waals surface area contributed by atoms with Crippen LogP contribution in [0, 0.1) is 5.82 Å². The average molecular weight is 324 g/mol. The molecule has 1 fully saturated rings. The maximum atomic E-state index is 13.4. The third-order valence-corrected chi connectivity index (χ3v) is 3.17. The van der Waals surface area contributed by atoms with Crippen LogP contribution in [0.5, 0.6) is 5.75 Å². The van der Waals surface area contributed by atoms with Crippen molar-refractivity contribution in [2.45, 2.75) is 0 Å². The second kappa shape index (κ2) is 8.30. The Morgan fingerprint density at radius 3 is 2.70 bits per heavy atom. The smallest absolute Gasteiger partial charge is 0.223 e. The Hall–Kier alpha value is -2.39. The number of guanidine groups is 2. The molecule has 0 aliphatic carbocycles. The lowest BCUT2D eigenvalue weighted by molar-refractivity contribution is 0.0323. The van der Waals surface area contributed by atoms with Crippen LogP contribution in [0.25, 0.3) is 0 Å². The molecule has 0 aromatic heterocycles. The number of halogens is 1. The molecule has 8 nitrogen and oxygen atoms in total. The molecule has 1 heterocycles. The molecule has 1 saturated heterocycles. The first-order valence-corrected chi connectivity index (χ1v) is 7.21. The molecule has 0 atom stereocenters. The van der Waals surface area contributed by atoms with Crippen LogP contribution in [0.1, 0.15) is 0 Å². The first-order valence-electron chi connectivity index (χ1n) is 7.21. The van der Waals surface area contributed by atoms with Gasteiger partial charge >= 0.3 is 0 Å². The average Bonchev–Trinajstić information content (AvgIpc) is 2.49. The molecule has 23 heavy (non-hydrogen) atoms. The Morgan fingerprint density at radius 2 is 2.00 bits per heavy atom. The number of nitrogens with two attached hydrogens (primary N) is 3. The molecule has 0 bridgehead atoms. The number of ether oxygens (including phenoxy) is 2. The number of nitrogens with zero attached hydrogens (tertiary/aromatic N) is 3. The summed E-state index contributed by atoms with van der Waals surface area (Å²) in [4.78, 5) is 9.80. The zero-order valence-corrected chi connectivity index (χ0v) is 12.7. The van der Waals surface area contributed by atoms with Crippen LogP contribution in [0.4, 0.5) is 10.1 Å². The summed E-state index contributed by atoms with van der Waals surface area (Å²) < 4.78 is 24.4. The summed E-state index contributed by atoms with van der Waals surface area (Å²) in [5.74, 6) is -0.443. The Kier molecular flexibility index (Phi) is 6.12. The predicted molar refractivity (Wildman–Crippen MR) is 86.2 cm³/mol. The normalized spacial score (nSPS) is 16.1. The maximum Gasteiger partial charge on any atom is 0.223 e. The summed E-state index contributed by atoms with van der Waals surface area (Å²) in [6.07, 6.45) is 0. The quantitative estimate of drug-likeness (QED) is 0.507. The number of hydrogen-bond acceptors (Lipinski definition) is 4. The minimum Gasteiger partial charge on any atom is -0.490 e. The van der Waals surface area contributed by atoms with E-state index in [9.17, 15) is 4.39 Å². The zero-order chi connectivity index (χ0) is 16.7. The highest BCUT2D eigenvalue weighted by Crippen LogP contribution is 2.28. The number of morpholine rings is 1. The number of hydrogen-bond donors (Lipinski definition) is 3. The summed E-state index contributed by atoms with van der Waals surface area (Å²) in [6.45, 7) is 4.37. The molecule has 9 heteroatoms. The minimum absolute atomic E-state index is 0.173. The van der Waals surface area contributed by atoms with Gasteiger partial charge in [0.2, 0.25) is 5.96 Å². The molecule has 6 N–H and O–H groups in total. The molecule has 0 radical (unpaired) electrons.